The predicted molar refractivity (Wildman–Crippen MR) is 120 cm³/mol. The zero-order chi connectivity index (χ0) is 18.4. The molecule has 1 aliphatic heterocycles. The zero-order valence-corrected chi connectivity index (χ0v) is 19.0. The number of likely N-dealkylation sites (N-methyl/N-ethyl adjacent to an activating group) is 1. The van der Waals surface area contributed by atoms with Crippen LogP contribution in [0.2, 0.25) is 0 Å². The number of hydrogen-bond acceptors (Lipinski definition) is 4. The molecule has 0 spiro atoms. The van der Waals surface area contributed by atoms with Gasteiger partial charge in [0, 0.05) is 26.2 Å². The first-order chi connectivity index (χ1) is 12.7. The number of hydrogen-bond donors (Lipinski definition) is 2. The number of benzene rings is 1. The standard InChI is InChI=1S/C20H32N4O2.HI/c1-21-20(22-12-15-9-10-18-19(11-15)26-14-25-18)23-13-17(24(2)3)16-7-5-4-6-8-16;/h9-11,16-17H,4-8,12-14H2,1-3H3,(H2,21,22,23);1H. The molecule has 1 aliphatic carbocycles. The number of aliphatic imine (C=N–C) groups is 1. The normalized spacial score (nSPS) is 18.1. The van der Waals surface area contributed by atoms with E-state index in [0.29, 0.717) is 19.4 Å². The molecule has 0 bridgehead atoms. The van der Waals surface area contributed by atoms with Crippen LogP contribution in [0.4, 0.5) is 0 Å². The van der Waals surface area contributed by atoms with Crippen LogP contribution in [-0.4, -0.2) is 51.4 Å². The summed E-state index contributed by atoms with van der Waals surface area (Å²) < 4.78 is 10.8. The molecular formula is C20H33IN4O2. The van der Waals surface area contributed by atoms with Crippen molar-refractivity contribution in [3.05, 3.63) is 23.8 Å². The molecule has 1 aromatic rings. The number of fused-ring (bicyclic) bond motifs is 1. The molecule has 1 aromatic carbocycles. The number of nitrogens with one attached hydrogen (secondary N) is 2. The van der Waals surface area contributed by atoms with Crippen molar-refractivity contribution >= 4 is 29.9 Å². The first-order valence-corrected chi connectivity index (χ1v) is 9.67. The van der Waals surface area contributed by atoms with Crippen LogP contribution >= 0.6 is 24.0 Å². The Labute approximate surface area is 180 Å². The van der Waals surface area contributed by atoms with Crippen LogP contribution in [-0.2, 0) is 6.54 Å². The van der Waals surface area contributed by atoms with Gasteiger partial charge in [0.25, 0.3) is 0 Å². The lowest BCUT2D eigenvalue weighted by Gasteiger charge is -2.35. The molecule has 1 heterocycles. The summed E-state index contributed by atoms with van der Waals surface area (Å²) in [7, 11) is 6.19. The first-order valence-electron chi connectivity index (χ1n) is 9.67. The molecule has 1 unspecified atom stereocenters. The van der Waals surface area contributed by atoms with E-state index in [1.54, 1.807) is 0 Å². The molecule has 2 aliphatic rings. The van der Waals surface area contributed by atoms with Gasteiger partial charge in [0.15, 0.2) is 17.5 Å². The van der Waals surface area contributed by atoms with Gasteiger partial charge in [-0.15, -0.1) is 24.0 Å². The predicted octanol–water partition coefficient (Wildman–Crippen LogP) is 3.21. The Bertz CT molecular complexity index is 618. The third kappa shape index (κ3) is 6.14. The average molecular weight is 488 g/mol. The fourth-order valence-electron chi connectivity index (χ4n) is 3.95. The van der Waals surface area contributed by atoms with Gasteiger partial charge in [0.2, 0.25) is 6.79 Å². The topological polar surface area (TPSA) is 58.1 Å². The van der Waals surface area contributed by atoms with Gasteiger partial charge in [-0.2, -0.15) is 0 Å². The second-order valence-corrected chi connectivity index (χ2v) is 7.42. The van der Waals surface area contributed by atoms with E-state index in [4.69, 9.17) is 9.47 Å². The highest BCUT2D eigenvalue weighted by Gasteiger charge is 2.25. The van der Waals surface area contributed by atoms with Gasteiger partial charge in [-0.1, -0.05) is 25.3 Å². The summed E-state index contributed by atoms with van der Waals surface area (Å²) >= 11 is 0. The highest BCUT2D eigenvalue weighted by molar-refractivity contribution is 14.0. The largest absolute Gasteiger partial charge is 0.454 e. The van der Waals surface area contributed by atoms with Crippen molar-refractivity contribution in [3.8, 4) is 11.5 Å². The van der Waals surface area contributed by atoms with Crippen molar-refractivity contribution in [3.63, 3.8) is 0 Å². The third-order valence-corrected chi connectivity index (χ3v) is 5.46. The maximum Gasteiger partial charge on any atom is 0.231 e. The fraction of sp³-hybridized carbons (Fsp3) is 0.650. The molecule has 0 radical (unpaired) electrons. The molecular weight excluding hydrogens is 455 g/mol. The summed E-state index contributed by atoms with van der Waals surface area (Å²) in [6, 6.07) is 6.58. The molecule has 3 rings (SSSR count). The van der Waals surface area contributed by atoms with Crippen molar-refractivity contribution in [2.75, 3.05) is 34.5 Å². The lowest BCUT2D eigenvalue weighted by atomic mass is 9.83. The van der Waals surface area contributed by atoms with E-state index in [2.05, 4.69) is 40.7 Å². The molecule has 2 N–H and O–H groups in total. The summed E-state index contributed by atoms with van der Waals surface area (Å²) in [5.41, 5.74) is 1.15. The lowest BCUT2D eigenvalue weighted by molar-refractivity contribution is 0.171. The van der Waals surface area contributed by atoms with Crippen molar-refractivity contribution in [1.29, 1.82) is 0 Å². The van der Waals surface area contributed by atoms with E-state index < -0.39 is 0 Å². The van der Waals surface area contributed by atoms with E-state index in [1.165, 1.54) is 32.1 Å². The van der Waals surface area contributed by atoms with Crippen LogP contribution in [0.15, 0.2) is 23.2 Å². The fourth-order valence-corrected chi connectivity index (χ4v) is 3.95. The lowest BCUT2D eigenvalue weighted by Crippen LogP contribution is -2.48. The number of guanidine groups is 1. The summed E-state index contributed by atoms with van der Waals surface area (Å²) in [4.78, 5) is 6.73. The van der Waals surface area contributed by atoms with Crippen molar-refractivity contribution in [1.82, 2.24) is 15.5 Å². The van der Waals surface area contributed by atoms with Gasteiger partial charge in [-0.3, -0.25) is 4.99 Å². The minimum Gasteiger partial charge on any atom is -0.454 e. The molecule has 6 nitrogen and oxygen atoms in total. The number of nitrogens with zero attached hydrogens (tertiary/aromatic N) is 2. The summed E-state index contributed by atoms with van der Waals surface area (Å²) in [6.45, 7) is 1.92. The van der Waals surface area contributed by atoms with Gasteiger partial charge in [0.1, 0.15) is 0 Å². The first kappa shape index (κ1) is 22.1. The summed E-state index contributed by atoms with van der Waals surface area (Å²) in [6.07, 6.45) is 6.81. The van der Waals surface area contributed by atoms with Crippen LogP contribution in [0.1, 0.15) is 37.7 Å². The van der Waals surface area contributed by atoms with E-state index in [9.17, 15) is 0 Å². The Morgan fingerprint density at radius 2 is 1.89 bits per heavy atom. The SMILES string of the molecule is CN=C(NCc1ccc2c(c1)OCO2)NCC(C1CCCCC1)N(C)C.I. The van der Waals surface area contributed by atoms with Crippen LogP contribution in [0.5, 0.6) is 11.5 Å². The molecule has 1 atom stereocenters. The van der Waals surface area contributed by atoms with E-state index >= 15 is 0 Å². The maximum atomic E-state index is 5.44. The Kier molecular flexibility index (Phi) is 8.95. The molecule has 0 aromatic heterocycles. The smallest absolute Gasteiger partial charge is 0.231 e. The second-order valence-electron chi connectivity index (χ2n) is 7.42. The van der Waals surface area contributed by atoms with Crippen molar-refractivity contribution in [2.24, 2.45) is 10.9 Å². The molecule has 0 amide bonds. The van der Waals surface area contributed by atoms with Gasteiger partial charge < -0.3 is 25.0 Å². The minimum atomic E-state index is 0. The van der Waals surface area contributed by atoms with Gasteiger partial charge in [-0.05, 0) is 50.6 Å². The van der Waals surface area contributed by atoms with E-state index in [1.807, 2.05) is 19.2 Å². The Balaban J connectivity index is 0.00000261. The number of halogens is 1. The number of rotatable bonds is 6. The maximum absolute atomic E-state index is 5.44. The zero-order valence-electron chi connectivity index (χ0n) is 16.7. The molecule has 152 valence electrons. The molecule has 1 saturated carbocycles. The average Bonchev–Trinajstić information content (AvgIpc) is 3.13. The molecule has 27 heavy (non-hydrogen) atoms. The van der Waals surface area contributed by atoms with Gasteiger partial charge in [0.05, 0.1) is 0 Å². The van der Waals surface area contributed by atoms with E-state index in [0.717, 1.165) is 35.5 Å². The third-order valence-electron chi connectivity index (χ3n) is 5.46. The van der Waals surface area contributed by atoms with E-state index in [-0.39, 0.29) is 24.0 Å². The Morgan fingerprint density at radius 1 is 1.15 bits per heavy atom. The minimum absolute atomic E-state index is 0. The Morgan fingerprint density at radius 3 is 2.59 bits per heavy atom. The van der Waals surface area contributed by atoms with Crippen molar-refractivity contribution < 1.29 is 9.47 Å². The van der Waals surface area contributed by atoms with Gasteiger partial charge in [-0.25, -0.2) is 0 Å². The second kappa shape index (κ2) is 10.9. The number of ether oxygens (including phenoxy) is 2. The monoisotopic (exact) mass is 488 g/mol. The van der Waals surface area contributed by atoms with Crippen LogP contribution in [0.25, 0.3) is 0 Å². The molecule has 1 fully saturated rings. The van der Waals surface area contributed by atoms with Crippen LogP contribution < -0.4 is 20.1 Å². The highest BCUT2D eigenvalue weighted by Crippen LogP contribution is 2.32. The quantitative estimate of drug-likeness (QED) is 0.366. The molecule has 0 saturated heterocycles. The molecule has 7 heteroatoms. The summed E-state index contributed by atoms with van der Waals surface area (Å²) in [5.74, 6) is 3.25. The van der Waals surface area contributed by atoms with Crippen LogP contribution in [0, 0.1) is 5.92 Å². The van der Waals surface area contributed by atoms with Gasteiger partial charge >= 0.3 is 0 Å². The Hall–Kier alpha value is -1.22. The summed E-state index contributed by atoms with van der Waals surface area (Å²) in [5, 5.41) is 6.91. The van der Waals surface area contributed by atoms with Crippen LogP contribution in [0.3, 0.4) is 0 Å². The highest BCUT2D eigenvalue weighted by atomic mass is 127. The van der Waals surface area contributed by atoms with Crippen molar-refractivity contribution in [2.45, 2.75) is 44.7 Å².